The SMILES string of the molecule is CCC(C)NC(=O)C(F)(F)C(F)(F)C(F)(F)C(F)(F)C(F)(F)C(F)(F)C(F)(F)C(F)(F)Cl. The lowest BCUT2D eigenvalue weighted by Crippen LogP contribution is -2.75. The van der Waals surface area contributed by atoms with Crippen molar-refractivity contribution in [1.29, 1.82) is 0 Å². The van der Waals surface area contributed by atoms with Crippen molar-refractivity contribution in [3.63, 3.8) is 0 Å². The van der Waals surface area contributed by atoms with Crippen LogP contribution >= 0.6 is 11.6 Å². The van der Waals surface area contributed by atoms with E-state index in [1.807, 2.05) is 0 Å². The van der Waals surface area contributed by atoms with Gasteiger partial charge in [-0.25, -0.2) is 0 Å². The van der Waals surface area contributed by atoms with Gasteiger partial charge in [0, 0.05) is 6.04 Å². The molecule has 192 valence electrons. The molecule has 0 aromatic carbocycles. The van der Waals surface area contributed by atoms with Crippen LogP contribution in [-0.4, -0.2) is 58.8 Å². The van der Waals surface area contributed by atoms with Gasteiger partial charge in [0.25, 0.3) is 5.91 Å². The minimum atomic E-state index is -8.58. The van der Waals surface area contributed by atoms with Gasteiger partial charge >= 0.3 is 46.8 Å². The molecule has 0 aromatic rings. The molecule has 0 aliphatic heterocycles. The standard InChI is InChI=1S/C13H10ClF16NO/c1-3-4(2)31-5(32)6(15,16)7(17,18)8(19,20)9(21,22)10(23,24)11(25,26)12(27,28)13(14,29)30/h4H,3H2,1-2H3,(H,31,32). The van der Waals surface area contributed by atoms with Gasteiger partial charge < -0.3 is 5.32 Å². The summed E-state index contributed by atoms with van der Waals surface area (Å²) in [5.74, 6) is -60.1. The summed E-state index contributed by atoms with van der Waals surface area (Å²) in [6.45, 7) is 1.89. The summed E-state index contributed by atoms with van der Waals surface area (Å²) in [5, 5.41) is -5.95. The van der Waals surface area contributed by atoms with Gasteiger partial charge in [0.05, 0.1) is 0 Å². The highest BCUT2D eigenvalue weighted by molar-refractivity contribution is 6.22. The summed E-state index contributed by atoms with van der Waals surface area (Å²) in [6, 6.07) is -1.52. The van der Waals surface area contributed by atoms with Gasteiger partial charge in [-0.3, -0.25) is 4.79 Å². The highest BCUT2D eigenvalue weighted by Gasteiger charge is 2.95. The van der Waals surface area contributed by atoms with E-state index in [0.29, 0.717) is 0 Å². The summed E-state index contributed by atoms with van der Waals surface area (Å²) in [6.07, 6.45) is -0.355. The molecule has 1 atom stereocenters. The molecule has 0 saturated heterocycles. The highest BCUT2D eigenvalue weighted by atomic mass is 35.5. The summed E-state index contributed by atoms with van der Waals surface area (Å²) in [4.78, 5) is 11.1. The van der Waals surface area contributed by atoms with Crippen molar-refractivity contribution in [3.05, 3.63) is 0 Å². The van der Waals surface area contributed by atoms with Gasteiger partial charge in [0.2, 0.25) is 0 Å². The molecule has 0 bridgehead atoms. The van der Waals surface area contributed by atoms with Crippen LogP contribution in [0.25, 0.3) is 0 Å². The van der Waals surface area contributed by atoms with Crippen LogP contribution in [0.1, 0.15) is 20.3 Å². The zero-order valence-corrected chi connectivity index (χ0v) is 15.9. The van der Waals surface area contributed by atoms with Gasteiger partial charge in [-0.2, -0.15) is 70.2 Å². The third kappa shape index (κ3) is 4.03. The highest BCUT2D eigenvalue weighted by Crippen LogP contribution is 2.64. The van der Waals surface area contributed by atoms with Crippen LogP contribution in [0.4, 0.5) is 70.2 Å². The van der Waals surface area contributed by atoms with E-state index in [9.17, 15) is 75.0 Å². The minimum Gasteiger partial charge on any atom is -0.348 e. The van der Waals surface area contributed by atoms with Crippen molar-refractivity contribution in [2.45, 2.75) is 73.1 Å². The molecule has 0 rings (SSSR count). The number of hydrogen-bond donors (Lipinski definition) is 1. The van der Waals surface area contributed by atoms with Crippen molar-refractivity contribution < 1.29 is 75.0 Å². The van der Waals surface area contributed by atoms with E-state index in [4.69, 9.17) is 0 Å². The Labute approximate surface area is 172 Å². The van der Waals surface area contributed by atoms with Crippen LogP contribution in [0, 0.1) is 0 Å². The van der Waals surface area contributed by atoms with E-state index in [0.717, 1.165) is 19.2 Å². The third-order valence-electron chi connectivity index (χ3n) is 4.00. The molecule has 1 amide bonds. The maximum atomic E-state index is 13.5. The maximum Gasteiger partial charge on any atom is 0.393 e. The number of alkyl halides is 17. The van der Waals surface area contributed by atoms with E-state index < -0.39 is 58.8 Å². The molecule has 0 spiro atoms. The van der Waals surface area contributed by atoms with Crippen LogP contribution in [0.15, 0.2) is 0 Å². The van der Waals surface area contributed by atoms with Gasteiger partial charge in [-0.1, -0.05) is 6.92 Å². The lowest BCUT2D eigenvalue weighted by atomic mass is 9.89. The Morgan fingerprint density at radius 3 is 1.22 bits per heavy atom. The Morgan fingerprint density at radius 1 is 0.656 bits per heavy atom. The van der Waals surface area contributed by atoms with E-state index in [-0.39, 0.29) is 6.42 Å². The number of carbonyl (C=O) groups excluding carboxylic acids is 1. The summed E-state index contributed by atoms with van der Waals surface area (Å²) >= 11 is 3.40. The zero-order chi connectivity index (χ0) is 26.6. The molecule has 0 heterocycles. The van der Waals surface area contributed by atoms with Gasteiger partial charge in [-0.05, 0) is 24.9 Å². The fourth-order valence-corrected chi connectivity index (χ4v) is 1.84. The van der Waals surface area contributed by atoms with Crippen LogP contribution in [-0.2, 0) is 4.79 Å². The second kappa shape index (κ2) is 8.14. The molecule has 0 aromatic heterocycles. The fraction of sp³-hybridized carbons (Fsp3) is 0.923. The molecule has 32 heavy (non-hydrogen) atoms. The van der Waals surface area contributed by atoms with E-state index in [1.54, 1.807) is 0 Å². The van der Waals surface area contributed by atoms with E-state index in [1.165, 1.54) is 0 Å². The predicted octanol–water partition coefficient (Wildman–Crippen LogP) is 6.18. The molecule has 19 heteroatoms. The number of rotatable bonds is 10. The minimum absolute atomic E-state index is 0.355. The molecule has 0 fully saturated rings. The molecule has 0 saturated carbocycles. The second-order valence-corrected chi connectivity index (χ2v) is 6.78. The Morgan fingerprint density at radius 2 is 0.938 bits per heavy atom. The molecule has 1 N–H and O–H groups in total. The molecule has 0 aliphatic carbocycles. The molecule has 0 radical (unpaired) electrons. The lowest BCUT2D eigenvalue weighted by molar-refractivity contribution is -0.446. The summed E-state index contributed by atoms with van der Waals surface area (Å²) in [5.41, 5.74) is 0. The smallest absolute Gasteiger partial charge is 0.348 e. The van der Waals surface area contributed by atoms with Crippen LogP contribution in [0.5, 0.6) is 0 Å². The average Bonchev–Trinajstić information content (AvgIpc) is 2.59. The first-order valence-electron chi connectivity index (χ1n) is 7.65. The van der Waals surface area contributed by atoms with Crippen LogP contribution in [0.3, 0.4) is 0 Å². The Balaban J connectivity index is 6.69. The molecular weight excluding hydrogens is 526 g/mol. The third-order valence-corrected chi connectivity index (χ3v) is 4.23. The Bertz CT molecular complexity index is 701. The van der Waals surface area contributed by atoms with E-state index >= 15 is 0 Å². The first kappa shape index (κ1) is 30.6. The molecule has 2 nitrogen and oxygen atoms in total. The van der Waals surface area contributed by atoms with Crippen molar-refractivity contribution in [1.82, 2.24) is 5.32 Å². The largest absolute Gasteiger partial charge is 0.393 e. The molecule has 0 aliphatic rings. The van der Waals surface area contributed by atoms with Crippen LogP contribution in [0.2, 0.25) is 0 Å². The van der Waals surface area contributed by atoms with Crippen molar-refractivity contribution >= 4 is 17.5 Å². The number of hydrogen-bond acceptors (Lipinski definition) is 1. The lowest BCUT2D eigenvalue weighted by Gasteiger charge is -2.42. The normalized spacial score (nSPS) is 16.7. The predicted molar refractivity (Wildman–Crippen MR) is 73.3 cm³/mol. The average molecular weight is 536 g/mol. The van der Waals surface area contributed by atoms with E-state index in [2.05, 4.69) is 11.6 Å². The van der Waals surface area contributed by atoms with Crippen LogP contribution < -0.4 is 5.32 Å². The first-order chi connectivity index (χ1) is 13.6. The number of amides is 1. The number of nitrogens with one attached hydrogen (secondary N) is 1. The van der Waals surface area contributed by atoms with Gasteiger partial charge in [0.15, 0.2) is 0 Å². The topological polar surface area (TPSA) is 29.1 Å². The zero-order valence-electron chi connectivity index (χ0n) is 15.1. The van der Waals surface area contributed by atoms with Crippen molar-refractivity contribution in [2.75, 3.05) is 0 Å². The Hall–Kier alpha value is -1.36. The number of halogens is 17. The molecule has 1 unspecified atom stereocenters. The Kier molecular flexibility index (Phi) is 7.80. The van der Waals surface area contributed by atoms with Gasteiger partial charge in [0.1, 0.15) is 0 Å². The first-order valence-corrected chi connectivity index (χ1v) is 8.03. The quantitative estimate of drug-likeness (QED) is 0.263. The maximum absolute atomic E-state index is 13.5. The molecular formula is C13H10ClF16NO. The van der Waals surface area contributed by atoms with Gasteiger partial charge in [-0.15, -0.1) is 0 Å². The summed E-state index contributed by atoms with van der Waals surface area (Å²) in [7, 11) is 0. The van der Waals surface area contributed by atoms with Crippen molar-refractivity contribution in [2.24, 2.45) is 0 Å². The van der Waals surface area contributed by atoms with Crippen molar-refractivity contribution in [3.8, 4) is 0 Å². The fourth-order valence-electron chi connectivity index (χ4n) is 1.72. The second-order valence-electron chi connectivity index (χ2n) is 6.30. The number of carbonyl (C=O) groups is 1. The summed E-state index contributed by atoms with van der Waals surface area (Å²) < 4.78 is 212. The monoisotopic (exact) mass is 535 g/mol.